The molecule has 1 aromatic carbocycles. The number of likely N-dealkylation sites (N-methyl/N-ethyl adjacent to an activating group) is 1. The minimum absolute atomic E-state index is 0.00367. The summed E-state index contributed by atoms with van der Waals surface area (Å²) < 4.78 is 48.8. The Morgan fingerprint density at radius 2 is 1.78 bits per heavy atom. The zero-order valence-corrected chi connectivity index (χ0v) is 37.1. The summed E-state index contributed by atoms with van der Waals surface area (Å²) in [5.41, 5.74) is 0.559. The number of rotatable bonds is 13. The minimum atomic E-state index is -2.81. The van der Waals surface area contributed by atoms with Crippen molar-refractivity contribution in [2.24, 2.45) is 7.05 Å². The van der Waals surface area contributed by atoms with Crippen molar-refractivity contribution in [1.82, 2.24) is 48.6 Å². The second-order valence-electron chi connectivity index (χ2n) is 17.7. The molecule has 1 saturated carbocycles. The standard InChI is InChI=1S/C22H29F2N7O2.C22H29FN6O3/c1-2-9-29(11-12-32)18-8-10-30-21(27-18)16(13-25-30)22(33)26-17-14-31(28-19(17)20(23)24)15-6-4-3-5-7-15;1-25-8-10-27(11-9-25)12-22(23)13-28(14-22)15-4-3-5-16-19(15)26(2)21(32)29(16)17-6-7-18(30)24-20(17)31/h8,10,13-15,20,32H,2-7,9,11-12H2,1H3,(H,26,33);3-5,17H,6-14H2,1-2H3,(H,24,30,31). The number of benzene rings is 1. The molecule has 0 bridgehead atoms. The number of carbonyl (C=O) groups excluding carboxylic acids is 3. The molecular formula is C44H58F3N13O5. The van der Waals surface area contributed by atoms with Crippen molar-refractivity contribution in [1.29, 1.82) is 0 Å². The predicted octanol–water partition coefficient (Wildman–Crippen LogP) is 3.92. The average Bonchev–Trinajstić information content (AvgIpc) is 3.98. The molecule has 4 aromatic heterocycles. The van der Waals surface area contributed by atoms with Crippen LogP contribution in [0.25, 0.3) is 16.7 Å². The topological polar surface area (TPSA) is 183 Å². The highest BCUT2D eigenvalue weighted by Crippen LogP contribution is 2.37. The van der Waals surface area contributed by atoms with E-state index in [4.69, 9.17) is 0 Å². The van der Waals surface area contributed by atoms with Crippen LogP contribution in [-0.2, 0) is 16.6 Å². The number of imidazole rings is 1. The van der Waals surface area contributed by atoms with Gasteiger partial charge in [-0.3, -0.25) is 38.4 Å². The van der Waals surface area contributed by atoms with Crippen LogP contribution in [0.4, 0.5) is 30.4 Å². The van der Waals surface area contributed by atoms with Gasteiger partial charge in [-0.2, -0.15) is 10.2 Å². The molecule has 0 spiro atoms. The van der Waals surface area contributed by atoms with Gasteiger partial charge in [0.1, 0.15) is 17.4 Å². The van der Waals surface area contributed by atoms with Crippen LogP contribution >= 0.6 is 0 Å². The van der Waals surface area contributed by atoms with Gasteiger partial charge in [-0.1, -0.05) is 32.3 Å². The van der Waals surface area contributed by atoms with Gasteiger partial charge in [0.25, 0.3) is 12.3 Å². The monoisotopic (exact) mass is 905 g/mol. The quantitative estimate of drug-likeness (QED) is 0.145. The van der Waals surface area contributed by atoms with Gasteiger partial charge in [-0.25, -0.2) is 27.5 Å². The molecular weight excluding hydrogens is 848 g/mol. The number of fused-ring (bicyclic) bond motifs is 2. The molecule has 3 saturated heterocycles. The van der Waals surface area contributed by atoms with Gasteiger partial charge in [0.05, 0.1) is 54.3 Å². The number of aromatic nitrogens is 7. The van der Waals surface area contributed by atoms with Gasteiger partial charge in [0, 0.05) is 71.7 Å². The predicted molar refractivity (Wildman–Crippen MR) is 238 cm³/mol. The van der Waals surface area contributed by atoms with Crippen LogP contribution in [-0.4, -0.2) is 144 Å². The Kier molecular flexibility index (Phi) is 13.6. The Morgan fingerprint density at radius 1 is 1.03 bits per heavy atom. The minimum Gasteiger partial charge on any atom is -0.395 e. The van der Waals surface area contributed by atoms with E-state index in [1.54, 1.807) is 30.1 Å². The first-order valence-electron chi connectivity index (χ1n) is 22.5. The zero-order chi connectivity index (χ0) is 46.0. The molecule has 4 aliphatic rings. The average molecular weight is 906 g/mol. The molecule has 350 valence electrons. The van der Waals surface area contributed by atoms with E-state index in [0.717, 1.165) is 70.4 Å². The number of imide groups is 1. The number of hydrogen-bond acceptors (Lipinski definition) is 12. The van der Waals surface area contributed by atoms with Crippen molar-refractivity contribution >= 4 is 51.6 Å². The van der Waals surface area contributed by atoms with Crippen LogP contribution in [0.2, 0.25) is 0 Å². The molecule has 9 rings (SSSR count). The lowest BCUT2D eigenvalue weighted by Crippen LogP contribution is -2.65. The third-order valence-electron chi connectivity index (χ3n) is 12.9. The second-order valence-corrected chi connectivity index (χ2v) is 17.7. The van der Waals surface area contributed by atoms with Gasteiger partial charge in [-0.05, 0) is 50.9 Å². The van der Waals surface area contributed by atoms with Gasteiger partial charge >= 0.3 is 5.69 Å². The lowest BCUT2D eigenvalue weighted by atomic mass is 9.94. The van der Waals surface area contributed by atoms with Crippen molar-refractivity contribution in [3.63, 3.8) is 0 Å². The molecule has 65 heavy (non-hydrogen) atoms. The van der Waals surface area contributed by atoms with E-state index in [2.05, 4.69) is 42.7 Å². The number of piperazine rings is 1. The van der Waals surface area contributed by atoms with E-state index >= 15 is 4.39 Å². The van der Waals surface area contributed by atoms with Crippen LogP contribution in [0, 0.1) is 0 Å². The Bertz CT molecular complexity index is 2560. The molecule has 0 radical (unpaired) electrons. The molecule has 3 aliphatic heterocycles. The lowest BCUT2D eigenvalue weighted by Gasteiger charge is -2.48. The summed E-state index contributed by atoms with van der Waals surface area (Å²) in [6.45, 7) is 7.72. The van der Waals surface area contributed by atoms with Crippen LogP contribution in [0.1, 0.15) is 92.9 Å². The number of amides is 3. The van der Waals surface area contributed by atoms with Crippen LogP contribution < -0.4 is 26.1 Å². The van der Waals surface area contributed by atoms with E-state index in [-0.39, 0.29) is 61.4 Å². The van der Waals surface area contributed by atoms with Crippen LogP contribution in [0.3, 0.4) is 0 Å². The molecule has 1 atom stereocenters. The van der Waals surface area contributed by atoms with Gasteiger partial charge < -0.3 is 25.1 Å². The fourth-order valence-electron chi connectivity index (χ4n) is 9.53. The van der Waals surface area contributed by atoms with E-state index in [1.165, 1.54) is 26.0 Å². The number of hydrogen-bond donors (Lipinski definition) is 3. The lowest BCUT2D eigenvalue weighted by molar-refractivity contribution is -0.135. The Labute approximate surface area is 373 Å². The van der Waals surface area contributed by atoms with E-state index < -0.39 is 35.6 Å². The maximum atomic E-state index is 15.4. The van der Waals surface area contributed by atoms with Gasteiger partial charge in [0.2, 0.25) is 11.8 Å². The molecule has 1 aliphatic carbocycles. The zero-order valence-electron chi connectivity index (χ0n) is 37.1. The number of nitrogens with zero attached hydrogens (tertiary/aromatic N) is 11. The van der Waals surface area contributed by atoms with Crippen LogP contribution in [0.15, 0.2) is 47.7 Å². The third kappa shape index (κ3) is 9.62. The molecule has 7 heterocycles. The second kappa shape index (κ2) is 19.4. The number of aliphatic hydroxyl groups excluding tert-OH is 1. The molecule has 21 heteroatoms. The number of nitrogens with one attached hydrogen (secondary N) is 2. The maximum absolute atomic E-state index is 15.4. The number of halogens is 3. The number of aryl methyl sites for hydroxylation is 1. The third-order valence-corrected chi connectivity index (χ3v) is 12.9. The molecule has 1 unspecified atom stereocenters. The van der Waals surface area contributed by atoms with Crippen molar-refractivity contribution < 1.29 is 32.7 Å². The van der Waals surface area contributed by atoms with E-state index in [9.17, 15) is 33.1 Å². The molecule has 3 N–H and O–H groups in total. The van der Waals surface area contributed by atoms with Crippen molar-refractivity contribution in [3.8, 4) is 0 Å². The fraction of sp³-hybridized carbons (Fsp3) is 0.568. The van der Waals surface area contributed by atoms with E-state index in [1.807, 2.05) is 28.9 Å². The summed E-state index contributed by atoms with van der Waals surface area (Å²) in [5.74, 6) is -0.754. The summed E-state index contributed by atoms with van der Waals surface area (Å²) in [6, 6.07) is 6.63. The van der Waals surface area contributed by atoms with E-state index in [0.29, 0.717) is 42.1 Å². The van der Waals surface area contributed by atoms with Gasteiger partial charge in [-0.15, -0.1) is 0 Å². The smallest absolute Gasteiger partial charge is 0.329 e. The first-order chi connectivity index (χ1) is 31.3. The molecule has 5 aromatic rings. The summed E-state index contributed by atoms with van der Waals surface area (Å²) in [5, 5.41) is 22.5. The summed E-state index contributed by atoms with van der Waals surface area (Å²) in [7, 11) is 3.75. The number of aliphatic hydroxyl groups is 1. The highest BCUT2D eigenvalue weighted by atomic mass is 19.3. The number of para-hydroxylation sites is 1. The summed E-state index contributed by atoms with van der Waals surface area (Å²) in [6.07, 6.45) is 8.09. The molecule has 18 nitrogen and oxygen atoms in total. The Balaban J connectivity index is 0.000000177. The fourth-order valence-corrected chi connectivity index (χ4v) is 9.53. The Morgan fingerprint density at radius 3 is 2.48 bits per heavy atom. The first kappa shape index (κ1) is 45.8. The van der Waals surface area contributed by atoms with Crippen molar-refractivity contribution in [2.75, 3.05) is 87.7 Å². The number of carbonyl (C=O) groups is 3. The Hall–Kier alpha value is -5.80. The largest absolute Gasteiger partial charge is 0.395 e. The number of anilines is 3. The van der Waals surface area contributed by atoms with Crippen molar-refractivity contribution in [3.05, 3.63) is 64.6 Å². The normalized spacial score (nSPS) is 19.6. The van der Waals surface area contributed by atoms with Crippen LogP contribution in [0.5, 0.6) is 0 Å². The molecule has 3 amide bonds. The van der Waals surface area contributed by atoms with Crippen molar-refractivity contribution in [2.45, 2.75) is 82.5 Å². The maximum Gasteiger partial charge on any atom is 0.329 e. The highest BCUT2D eigenvalue weighted by Gasteiger charge is 2.46. The summed E-state index contributed by atoms with van der Waals surface area (Å²) in [4.78, 5) is 63.0. The number of alkyl halides is 3. The summed E-state index contributed by atoms with van der Waals surface area (Å²) >= 11 is 0. The van der Waals surface area contributed by atoms with Gasteiger partial charge in [0.15, 0.2) is 17.0 Å². The molecule has 4 fully saturated rings. The first-order valence-corrected chi connectivity index (χ1v) is 22.5. The SMILES string of the molecule is CCCN(CCO)c1ccn2ncc(C(=O)Nc3cn(C4CCCCC4)nc3C(F)F)c2n1.CN1CCN(CC2(F)CN(c3cccc4c3n(C)c(=O)n4C3CCC(=O)NC3=O)C2)CC1. The highest BCUT2D eigenvalue weighted by molar-refractivity contribution is 6.08. The number of piperidine rings is 1.